The summed E-state index contributed by atoms with van der Waals surface area (Å²) in [6.07, 6.45) is 3.46. The summed E-state index contributed by atoms with van der Waals surface area (Å²) in [6.45, 7) is 12.5. The van der Waals surface area contributed by atoms with E-state index in [-0.39, 0.29) is 34.5 Å². The molecule has 2 aromatic carbocycles. The molecule has 2 aliphatic carbocycles. The van der Waals surface area contributed by atoms with Gasteiger partial charge < -0.3 is 29.4 Å². The maximum absolute atomic E-state index is 12.0. The Hall–Kier alpha value is -2.10. The first kappa shape index (κ1) is 31.3. The molecule has 0 radical (unpaired) electrons. The van der Waals surface area contributed by atoms with Crippen molar-refractivity contribution in [1.82, 2.24) is 0 Å². The molecule has 1 spiro atoms. The molecule has 0 bridgehead atoms. The number of anilines is 1. The van der Waals surface area contributed by atoms with Crippen molar-refractivity contribution < 1.29 is 29.3 Å². The van der Waals surface area contributed by atoms with Gasteiger partial charge in [0, 0.05) is 23.5 Å². The van der Waals surface area contributed by atoms with E-state index in [1.165, 1.54) is 11.1 Å². The topological polar surface area (TPSA) is 99.5 Å². The van der Waals surface area contributed by atoms with Gasteiger partial charge in [-0.05, 0) is 104 Å². The zero-order chi connectivity index (χ0) is 30.4. The van der Waals surface area contributed by atoms with Crippen LogP contribution in [0.3, 0.4) is 0 Å². The molecule has 3 aliphatic rings. The molecule has 0 aromatic heterocycles. The fraction of sp³-hybridized carbons (Fsp3) is 0.606. The van der Waals surface area contributed by atoms with Crippen LogP contribution in [0.25, 0.3) is 0 Å². The predicted molar refractivity (Wildman–Crippen MR) is 169 cm³/mol. The van der Waals surface area contributed by atoms with E-state index < -0.39 is 26.5 Å². The fourth-order valence-corrected chi connectivity index (χ4v) is 8.42. The lowest BCUT2D eigenvalue weighted by Gasteiger charge is -2.50. The van der Waals surface area contributed by atoms with Gasteiger partial charge in [0.25, 0.3) is 0 Å². The molecule has 0 saturated heterocycles. The SMILES string of the molecule is CC(C)(C)[Si](C)(C)O[C@H]([C@@H]1CC[C@H]1CN1CC2(CCCc3cc(Cl)ccc32)COc2ccc(C(=O)O)cc21)[C@@H](O)CO. The molecule has 1 saturated carbocycles. The lowest BCUT2D eigenvalue weighted by Crippen LogP contribution is -2.55. The molecular weight excluding hydrogens is 570 g/mol. The van der Waals surface area contributed by atoms with E-state index in [0.29, 0.717) is 25.4 Å². The van der Waals surface area contributed by atoms with E-state index >= 15 is 0 Å². The van der Waals surface area contributed by atoms with Crippen LogP contribution in [0, 0.1) is 11.8 Å². The van der Waals surface area contributed by atoms with Crippen molar-refractivity contribution in [2.45, 2.75) is 88.6 Å². The van der Waals surface area contributed by atoms with Crippen molar-refractivity contribution >= 4 is 31.6 Å². The Morgan fingerprint density at radius 1 is 1.21 bits per heavy atom. The molecule has 3 N–H and O–H groups in total. The molecule has 1 heterocycles. The van der Waals surface area contributed by atoms with Crippen molar-refractivity contribution in [3.63, 3.8) is 0 Å². The Balaban J connectivity index is 1.50. The number of ether oxygens (including phenoxy) is 1. The van der Waals surface area contributed by atoms with Crippen LogP contribution in [0.4, 0.5) is 5.69 Å². The molecule has 230 valence electrons. The van der Waals surface area contributed by atoms with Crippen molar-refractivity contribution in [2.75, 3.05) is 31.2 Å². The van der Waals surface area contributed by atoms with Gasteiger partial charge in [0.05, 0.1) is 30.6 Å². The summed E-state index contributed by atoms with van der Waals surface area (Å²) in [6, 6.07) is 11.3. The van der Waals surface area contributed by atoms with Crippen LogP contribution in [0.5, 0.6) is 5.75 Å². The van der Waals surface area contributed by atoms with Crippen molar-refractivity contribution in [1.29, 1.82) is 0 Å². The largest absolute Gasteiger partial charge is 0.490 e. The third-order valence-electron chi connectivity index (χ3n) is 10.4. The molecular formula is C33H46ClNO6Si. The standard InChI is InChI=1S/C33H46ClNO6Si/c1-32(2,3)42(4,5)41-30(28(37)18-36)25-11-8-23(25)17-35-19-33(14-6-7-21-15-24(34)10-12-26(21)33)20-40-29-13-9-22(31(38)39)16-27(29)35/h9-10,12-13,15-16,23,25,28,30,36-37H,6-8,11,14,17-20H2,1-5H3,(H,38,39)/t23-,25+,28-,30+,33?/m0/s1. The number of aryl methyl sites for hydroxylation is 1. The van der Waals surface area contributed by atoms with Crippen molar-refractivity contribution in [3.8, 4) is 5.75 Å². The van der Waals surface area contributed by atoms with Crippen LogP contribution in [-0.4, -0.2) is 68.1 Å². The number of hydrogen-bond donors (Lipinski definition) is 3. The summed E-state index contributed by atoms with van der Waals surface area (Å²) in [5, 5.41) is 31.5. The summed E-state index contributed by atoms with van der Waals surface area (Å²) < 4.78 is 13.3. The number of carboxylic acids is 1. The molecule has 2 aromatic rings. The molecule has 7 nitrogen and oxygen atoms in total. The van der Waals surface area contributed by atoms with E-state index in [0.717, 1.165) is 42.8 Å². The zero-order valence-electron chi connectivity index (χ0n) is 25.5. The number of carbonyl (C=O) groups is 1. The summed E-state index contributed by atoms with van der Waals surface area (Å²) in [4.78, 5) is 14.3. The Bertz CT molecular complexity index is 1310. The van der Waals surface area contributed by atoms with E-state index in [1.54, 1.807) is 18.2 Å². The Kier molecular flexibility index (Phi) is 8.78. The summed E-state index contributed by atoms with van der Waals surface area (Å²) in [5.41, 5.74) is 3.28. The highest BCUT2D eigenvalue weighted by Crippen LogP contribution is 2.48. The van der Waals surface area contributed by atoms with E-state index in [9.17, 15) is 20.1 Å². The lowest BCUT2D eigenvalue weighted by molar-refractivity contribution is -0.0731. The first-order valence-electron chi connectivity index (χ1n) is 15.3. The molecule has 5 rings (SSSR count). The van der Waals surface area contributed by atoms with Gasteiger partial charge in [-0.3, -0.25) is 0 Å². The number of carboxylic acid groups (broad SMARTS) is 1. The molecule has 5 atom stereocenters. The normalized spacial score (nSPS) is 25.5. The number of aliphatic hydroxyl groups excluding tert-OH is 2. The number of halogens is 1. The number of rotatable bonds is 8. The van der Waals surface area contributed by atoms with Crippen LogP contribution in [0.1, 0.15) is 67.9 Å². The lowest BCUT2D eigenvalue weighted by atomic mass is 9.68. The van der Waals surface area contributed by atoms with Crippen LogP contribution in [-0.2, 0) is 16.3 Å². The number of hydrogen-bond acceptors (Lipinski definition) is 6. The minimum atomic E-state index is -2.22. The quantitative estimate of drug-likeness (QED) is 0.301. The summed E-state index contributed by atoms with van der Waals surface area (Å²) in [5.74, 6) is 0.0266. The summed E-state index contributed by atoms with van der Waals surface area (Å²) >= 11 is 6.39. The van der Waals surface area contributed by atoms with Gasteiger partial charge in [-0.15, -0.1) is 0 Å². The predicted octanol–water partition coefficient (Wildman–Crippen LogP) is 6.28. The van der Waals surface area contributed by atoms with Crippen molar-refractivity contribution in [3.05, 3.63) is 58.1 Å². The van der Waals surface area contributed by atoms with Gasteiger partial charge in [-0.1, -0.05) is 38.4 Å². The van der Waals surface area contributed by atoms with Crippen LogP contribution < -0.4 is 9.64 Å². The minimum Gasteiger partial charge on any atom is -0.490 e. The highest BCUT2D eigenvalue weighted by atomic mass is 35.5. The highest BCUT2D eigenvalue weighted by molar-refractivity contribution is 6.74. The molecule has 42 heavy (non-hydrogen) atoms. The number of aromatic carboxylic acids is 1. The van der Waals surface area contributed by atoms with E-state index in [2.05, 4.69) is 50.9 Å². The second-order valence-electron chi connectivity index (χ2n) is 14.2. The first-order valence-corrected chi connectivity index (χ1v) is 18.5. The molecule has 1 fully saturated rings. The van der Waals surface area contributed by atoms with E-state index in [1.807, 2.05) is 6.07 Å². The number of aliphatic hydroxyl groups is 2. The average Bonchev–Trinajstić information content (AvgIpc) is 3.06. The molecule has 9 heteroatoms. The summed E-state index contributed by atoms with van der Waals surface area (Å²) in [7, 11) is -2.22. The zero-order valence-corrected chi connectivity index (χ0v) is 27.3. The van der Waals surface area contributed by atoms with Gasteiger partial charge in [0.1, 0.15) is 11.9 Å². The van der Waals surface area contributed by atoms with Gasteiger partial charge in [0.15, 0.2) is 8.32 Å². The van der Waals surface area contributed by atoms with Gasteiger partial charge in [-0.2, -0.15) is 0 Å². The molecule has 1 unspecified atom stereocenters. The monoisotopic (exact) mass is 615 g/mol. The third-order valence-corrected chi connectivity index (χ3v) is 15.1. The van der Waals surface area contributed by atoms with Gasteiger partial charge in [-0.25, -0.2) is 4.79 Å². The first-order chi connectivity index (χ1) is 19.7. The second-order valence-corrected chi connectivity index (χ2v) is 19.4. The fourth-order valence-electron chi connectivity index (χ4n) is 6.86. The number of nitrogens with zero attached hydrogens (tertiary/aromatic N) is 1. The second kappa shape index (κ2) is 11.8. The highest BCUT2D eigenvalue weighted by Gasteiger charge is 2.48. The maximum Gasteiger partial charge on any atom is 0.335 e. The van der Waals surface area contributed by atoms with E-state index in [4.69, 9.17) is 20.8 Å². The molecule has 0 amide bonds. The van der Waals surface area contributed by atoms with Gasteiger partial charge in [0.2, 0.25) is 0 Å². The maximum atomic E-state index is 12.0. The minimum absolute atomic E-state index is 0.0301. The Morgan fingerprint density at radius 2 is 1.98 bits per heavy atom. The van der Waals surface area contributed by atoms with Crippen LogP contribution in [0.15, 0.2) is 36.4 Å². The van der Waals surface area contributed by atoms with Crippen LogP contribution in [0.2, 0.25) is 23.2 Å². The number of benzene rings is 2. The number of fused-ring (bicyclic) bond motifs is 3. The average molecular weight is 616 g/mol. The third kappa shape index (κ3) is 5.98. The van der Waals surface area contributed by atoms with Crippen molar-refractivity contribution in [2.24, 2.45) is 11.8 Å². The van der Waals surface area contributed by atoms with Gasteiger partial charge >= 0.3 is 5.97 Å². The smallest absolute Gasteiger partial charge is 0.335 e. The molecule has 1 aliphatic heterocycles. The Labute approximate surface area is 255 Å². The van der Waals surface area contributed by atoms with Crippen LogP contribution >= 0.6 is 11.6 Å². The Morgan fingerprint density at radius 3 is 2.62 bits per heavy atom.